The van der Waals surface area contributed by atoms with Crippen LogP contribution in [0.4, 0.5) is 4.39 Å². The predicted octanol–water partition coefficient (Wildman–Crippen LogP) is 4.64. The van der Waals surface area contributed by atoms with Crippen LogP contribution in [0.5, 0.6) is 0 Å². The largest absolute Gasteiger partial charge is 0.460 e. The topological polar surface area (TPSA) is 52.6 Å². The summed E-state index contributed by atoms with van der Waals surface area (Å²) < 4.78 is 23.5. The Bertz CT molecular complexity index is 632. The minimum atomic E-state index is -0.778. The number of hydrogen-bond acceptors (Lipinski definition) is 4. The van der Waals surface area contributed by atoms with Gasteiger partial charge in [-0.15, -0.1) is 0 Å². The third-order valence-electron chi connectivity index (χ3n) is 4.72. The highest BCUT2D eigenvalue weighted by Crippen LogP contribution is 2.35. The zero-order chi connectivity index (χ0) is 18.6. The highest BCUT2D eigenvalue weighted by atomic mass is 35.5. The fraction of sp³-hybridized carbons (Fsp3) is 0.579. The summed E-state index contributed by atoms with van der Waals surface area (Å²) in [7, 11) is 0. The number of hydrogen-bond donors (Lipinski definition) is 0. The molecule has 0 amide bonds. The van der Waals surface area contributed by atoms with Crippen molar-refractivity contribution < 1.29 is 23.5 Å². The molecule has 4 nitrogen and oxygen atoms in total. The number of carbonyl (C=O) groups is 2. The normalized spacial score (nSPS) is 23.4. The quantitative estimate of drug-likeness (QED) is 0.708. The molecule has 1 aromatic rings. The highest BCUT2D eigenvalue weighted by Gasteiger charge is 2.33. The van der Waals surface area contributed by atoms with Gasteiger partial charge in [0.15, 0.2) is 6.61 Å². The van der Waals surface area contributed by atoms with Crippen LogP contribution in [0.15, 0.2) is 18.2 Å². The zero-order valence-electron chi connectivity index (χ0n) is 14.8. The zero-order valence-corrected chi connectivity index (χ0v) is 15.5. The summed E-state index contributed by atoms with van der Waals surface area (Å²) in [4.78, 5) is 24.0. The lowest BCUT2D eigenvalue weighted by atomic mass is 9.75. The Morgan fingerprint density at radius 2 is 2.04 bits per heavy atom. The molecule has 138 valence electrons. The van der Waals surface area contributed by atoms with Crippen molar-refractivity contribution in [3.05, 3.63) is 34.6 Å². The van der Waals surface area contributed by atoms with Crippen molar-refractivity contribution in [1.82, 2.24) is 0 Å². The lowest BCUT2D eigenvalue weighted by Gasteiger charge is -2.36. The molecule has 0 heterocycles. The van der Waals surface area contributed by atoms with E-state index in [4.69, 9.17) is 21.1 Å². The predicted molar refractivity (Wildman–Crippen MR) is 92.9 cm³/mol. The van der Waals surface area contributed by atoms with Gasteiger partial charge in [0.25, 0.3) is 0 Å². The number of halogens is 2. The summed E-state index contributed by atoms with van der Waals surface area (Å²) in [6.07, 6.45) is 2.84. The Morgan fingerprint density at radius 1 is 1.32 bits per heavy atom. The first-order valence-corrected chi connectivity index (χ1v) is 8.97. The van der Waals surface area contributed by atoms with Crippen LogP contribution in [0.25, 0.3) is 0 Å². The van der Waals surface area contributed by atoms with E-state index in [2.05, 4.69) is 20.8 Å². The van der Waals surface area contributed by atoms with Crippen molar-refractivity contribution in [3.63, 3.8) is 0 Å². The maximum Gasteiger partial charge on any atom is 0.344 e. The Morgan fingerprint density at radius 3 is 2.68 bits per heavy atom. The van der Waals surface area contributed by atoms with Crippen LogP contribution in [-0.4, -0.2) is 24.6 Å². The second-order valence-corrected chi connectivity index (χ2v) is 7.46. The van der Waals surface area contributed by atoms with E-state index in [1.54, 1.807) is 0 Å². The molecule has 25 heavy (non-hydrogen) atoms. The van der Waals surface area contributed by atoms with E-state index in [-0.39, 0.29) is 16.7 Å². The average Bonchev–Trinajstić information content (AvgIpc) is 2.52. The SMILES string of the molecule is CC(C)[C@@H]1CC[C@H](C)C[C@H]1OC(=O)COC(=O)c1ccc(F)cc1Cl. The van der Waals surface area contributed by atoms with Gasteiger partial charge in [-0.05, 0) is 48.8 Å². The molecule has 0 unspecified atom stereocenters. The van der Waals surface area contributed by atoms with E-state index in [9.17, 15) is 14.0 Å². The van der Waals surface area contributed by atoms with Crippen LogP contribution in [0.3, 0.4) is 0 Å². The number of ether oxygens (including phenoxy) is 2. The number of carbonyl (C=O) groups excluding carboxylic acids is 2. The van der Waals surface area contributed by atoms with Crippen LogP contribution >= 0.6 is 11.6 Å². The summed E-state index contributed by atoms with van der Waals surface area (Å²) in [5, 5.41) is -0.0562. The number of rotatable bonds is 5. The molecule has 3 atom stereocenters. The van der Waals surface area contributed by atoms with Gasteiger partial charge >= 0.3 is 11.9 Å². The number of benzene rings is 1. The molecule has 0 aliphatic heterocycles. The van der Waals surface area contributed by atoms with Gasteiger partial charge < -0.3 is 9.47 Å². The molecule has 1 aromatic carbocycles. The van der Waals surface area contributed by atoms with Crippen molar-refractivity contribution in [2.75, 3.05) is 6.61 Å². The van der Waals surface area contributed by atoms with E-state index in [1.165, 1.54) is 6.07 Å². The Hall–Kier alpha value is -1.62. The standard InChI is InChI=1S/C19H24ClFO4/c1-11(2)14-6-4-12(3)8-17(14)25-18(22)10-24-19(23)15-7-5-13(21)9-16(15)20/h5,7,9,11-12,14,17H,4,6,8,10H2,1-3H3/t12-,14-,17+/m0/s1. The molecular formula is C19H24ClFO4. The maximum absolute atomic E-state index is 13.0. The molecule has 6 heteroatoms. The molecule has 1 aliphatic carbocycles. The minimum absolute atomic E-state index is 0.0159. The van der Waals surface area contributed by atoms with Gasteiger partial charge in [0.2, 0.25) is 0 Å². The van der Waals surface area contributed by atoms with Crippen molar-refractivity contribution in [2.24, 2.45) is 17.8 Å². The first-order chi connectivity index (χ1) is 11.8. The first-order valence-electron chi connectivity index (χ1n) is 8.59. The molecule has 0 aromatic heterocycles. The molecule has 1 fully saturated rings. The van der Waals surface area contributed by atoms with Gasteiger partial charge in [0, 0.05) is 0 Å². The minimum Gasteiger partial charge on any atom is -0.460 e. The average molecular weight is 371 g/mol. The van der Waals surface area contributed by atoms with E-state index >= 15 is 0 Å². The van der Waals surface area contributed by atoms with E-state index in [0.717, 1.165) is 31.4 Å². The van der Waals surface area contributed by atoms with E-state index in [1.807, 2.05) is 0 Å². The third kappa shape index (κ3) is 5.43. The van der Waals surface area contributed by atoms with Gasteiger partial charge in [0.1, 0.15) is 11.9 Å². The summed E-state index contributed by atoms with van der Waals surface area (Å²) in [5.41, 5.74) is 0.0159. The summed E-state index contributed by atoms with van der Waals surface area (Å²) in [6.45, 7) is 5.91. The lowest BCUT2D eigenvalue weighted by molar-refractivity contribution is -0.159. The van der Waals surface area contributed by atoms with Crippen LogP contribution in [0.1, 0.15) is 50.4 Å². The summed E-state index contributed by atoms with van der Waals surface area (Å²) >= 11 is 5.81. The van der Waals surface area contributed by atoms with Crippen LogP contribution < -0.4 is 0 Å². The molecular weight excluding hydrogens is 347 g/mol. The van der Waals surface area contributed by atoms with Crippen LogP contribution in [0, 0.1) is 23.6 Å². The Kier molecular flexibility index (Phi) is 6.82. The molecule has 0 spiro atoms. The lowest BCUT2D eigenvalue weighted by Crippen LogP contribution is -2.36. The van der Waals surface area contributed by atoms with Crippen molar-refractivity contribution in [2.45, 2.75) is 46.1 Å². The van der Waals surface area contributed by atoms with Crippen LogP contribution in [-0.2, 0) is 14.3 Å². The smallest absolute Gasteiger partial charge is 0.344 e. The molecule has 1 aliphatic rings. The van der Waals surface area contributed by atoms with Gasteiger partial charge in [-0.2, -0.15) is 0 Å². The van der Waals surface area contributed by atoms with E-state index < -0.39 is 24.4 Å². The molecule has 2 rings (SSSR count). The van der Waals surface area contributed by atoms with Crippen molar-refractivity contribution >= 4 is 23.5 Å². The summed E-state index contributed by atoms with van der Waals surface area (Å²) in [5.74, 6) is -0.649. The molecule has 1 saturated carbocycles. The third-order valence-corrected chi connectivity index (χ3v) is 5.03. The molecule has 0 N–H and O–H groups in total. The monoisotopic (exact) mass is 370 g/mol. The maximum atomic E-state index is 13.0. The molecule has 0 bridgehead atoms. The second-order valence-electron chi connectivity index (χ2n) is 7.05. The van der Waals surface area contributed by atoms with Gasteiger partial charge in [-0.1, -0.05) is 38.8 Å². The fourth-order valence-electron chi connectivity index (χ4n) is 3.31. The Labute approximate surface area is 152 Å². The molecule has 0 saturated heterocycles. The summed E-state index contributed by atoms with van der Waals surface area (Å²) in [6, 6.07) is 3.35. The molecule has 0 radical (unpaired) electrons. The highest BCUT2D eigenvalue weighted by molar-refractivity contribution is 6.33. The fourth-order valence-corrected chi connectivity index (χ4v) is 3.55. The van der Waals surface area contributed by atoms with E-state index in [0.29, 0.717) is 17.8 Å². The first kappa shape index (κ1) is 19.7. The van der Waals surface area contributed by atoms with Crippen LogP contribution in [0.2, 0.25) is 5.02 Å². The number of esters is 2. The second kappa shape index (κ2) is 8.65. The van der Waals surface area contributed by atoms with Crippen molar-refractivity contribution in [3.8, 4) is 0 Å². The van der Waals surface area contributed by atoms with Gasteiger partial charge in [0.05, 0.1) is 10.6 Å². The van der Waals surface area contributed by atoms with Gasteiger partial charge in [-0.3, -0.25) is 0 Å². The Balaban J connectivity index is 1.90. The van der Waals surface area contributed by atoms with Gasteiger partial charge in [-0.25, -0.2) is 14.0 Å². The van der Waals surface area contributed by atoms with Crippen molar-refractivity contribution in [1.29, 1.82) is 0 Å².